The normalized spacial score (nSPS) is 50.2. The van der Waals surface area contributed by atoms with E-state index in [4.69, 9.17) is 0 Å². The predicted octanol–water partition coefficient (Wildman–Crippen LogP) is 1.00. The molecule has 1 aliphatic heterocycles. The number of nitriles is 2. The molecule has 2 amide bonds. The first kappa shape index (κ1) is 11.9. The highest BCUT2D eigenvalue weighted by molar-refractivity contribution is 9.11. The van der Waals surface area contributed by atoms with Gasteiger partial charge in [-0.1, -0.05) is 34.2 Å². The van der Waals surface area contributed by atoms with Crippen molar-refractivity contribution < 1.29 is 9.59 Å². The third-order valence-electron chi connectivity index (χ3n) is 5.33. The topological polar surface area (TPSA) is 93.8 Å². The standard InChI is InChI=1S/C14H8BrN3O2/c15-9-3-6-7-1-2-8(10(6)9)14(5-17)12(20)18-11(19)13(7,14)4-16/h1-3,6-8,10H,(H,18,19,20)/t6-,7-,8-,10-,13+,14+/m1/s1. The van der Waals surface area contributed by atoms with Gasteiger partial charge in [0.25, 0.3) is 0 Å². The number of rotatable bonds is 0. The van der Waals surface area contributed by atoms with Gasteiger partial charge < -0.3 is 0 Å². The first-order valence-electron chi connectivity index (χ1n) is 6.28. The summed E-state index contributed by atoms with van der Waals surface area (Å²) in [6.45, 7) is 0. The van der Waals surface area contributed by atoms with E-state index in [9.17, 15) is 20.1 Å². The van der Waals surface area contributed by atoms with Crippen molar-refractivity contribution in [3.63, 3.8) is 0 Å². The molecule has 1 N–H and O–H groups in total. The lowest BCUT2D eigenvalue weighted by Crippen LogP contribution is -2.64. The van der Waals surface area contributed by atoms with E-state index >= 15 is 0 Å². The number of hydrogen-bond donors (Lipinski definition) is 1. The fraction of sp³-hybridized carbons (Fsp3) is 0.429. The predicted molar refractivity (Wildman–Crippen MR) is 69.4 cm³/mol. The maximum absolute atomic E-state index is 12.3. The van der Waals surface area contributed by atoms with Crippen LogP contribution in [-0.4, -0.2) is 11.8 Å². The Morgan fingerprint density at radius 1 is 1.10 bits per heavy atom. The number of carbonyl (C=O) groups is 2. The van der Waals surface area contributed by atoms with Crippen molar-refractivity contribution in [2.75, 3.05) is 0 Å². The number of hydrogen-bond acceptors (Lipinski definition) is 4. The Balaban J connectivity index is 2.08. The Morgan fingerprint density at radius 2 is 1.65 bits per heavy atom. The van der Waals surface area contributed by atoms with E-state index in [0.29, 0.717) is 0 Å². The van der Waals surface area contributed by atoms with Crippen LogP contribution in [0.1, 0.15) is 0 Å². The molecule has 5 rings (SSSR count). The summed E-state index contributed by atoms with van der Waals surface area (Å²) in [7, 11) is 0. The van der Waals surface area contributed by atoms with Crippen molar-refractivity contribution in [3.8, 4) is 12.1 Å². The maximum Gasteiger partial charge on any atom is 0.249 e. The average molecular weight is 330 g/mol. The lowest BCUT2D eigenvalue weighted by atomic mass is 9.39. The van der Waals surface area contributed by atoms with Gasteiger partial charge in [0, 0.05) is 17.8 Å². The van der Waals surface area contributed by atoms with Crippen LogP contribution in [0.3, 0.4) is 0 Å². The van der Waals surface area contributed by atoms with Gasteiger partial charge in [-0.05, 0) is 10.4 Å². The van der Waals surface area contributed by atoms with E-state index in [1.165, 1.54) is 0 Å². The molecule has 2 fully saturated rings. The summed E-state index contributed by atoms with van der Waals surface area (Å²) in [5.41, 5.74) is -3.20. The molecule has 6 heteroatoms. The van der Waals surface area contributed by atoms with Crippen LogP contribution in [0.15, 0.2) is 22.7 Å². The van der Waals surface area contributed by atoms with Crippen molar-refractivity contribution in [2.24, 2.45) is 34.5 Å². The highest BCUT2D eigenvalue weighted by Crippen LogP contribution is 2.70. The molecule has 0 unspecified atom stereocenters. The van der Waals surface area contributed by atoms with E-state index in [0.717, 1.165) is 4.48 Å². The Morgan fingerprint density at radius 3 is 2.20 bits per heavy atom. The number of allylic oxidation sites excluding steroid dienone is 4. The van der Waals surface area contributed by atoms with Gasteiger partial charge in [0.05, 0.1) is 12.1 Å². The van der Waals surface area contributed by atoms with Crippen molar-refractivity contribution in [3.05, 3.63) is 22.7 Å². The second kappa shape index (κ2) is 3.21. The molecule has 5 aliphatic rings. The molecular formula is C14H8BrN3O2. The quantitative estimate of drug-likeness (QED) is 0.530. The molecule has 2 bridgehead atoms. The summed E-state index contributed by atoms with van der Waals surface area (Å²) in [6, 6.07) is 4.06. The van der Waals surface area contributed by atoms with Gasteiger partial charge in [0.2, 0.25) is 11.8 Å². The molecule has 20 heavy (non-hydrogen) atoms. The van der Waals surface area contributed by atoms with Gasteiger partial charge in [-0.15, -0.1) is 0 Å². The molecule has 1 saturated heterocycles. The fourth-order valence-corrected chi connectivity index (χ4v) is 5.35. The molecule has 1 heterocycles. The third-order valence-corrected chi connectivity index (χ3v) is 6.12. The SMILES string of the molecule is N#C[C@]12C(=O)NC(=O)[C@]1(C#N)[C@@H]1C=C[C@@H]2[C@H]2C=C(Br)[C@H]21. The summed E-state index contributed by atoms with van der Waals surface area (Å²) in [5.74, 6) is -2.06. The number of nitrogens with zero attached hydrogens (tertiary/aromatic N) is 2. The smallest absolute Gasteiger partial charge is 0.249 e. The van der Waals surface area contributed by atoms with Crippen LogP contribution >= 0.6 is 15.9 Å². The first-order chi connectivity index (χ1) is 9.54. The second-order valence-corrected chi connectivity index (χ2v) is 6.63. The molecule has 0 radical (unpaired) electrons. The highest BCUT2D eigenvalue weighted by Gasteiger charge is 2.80. The third kappa shape index (κ3) is 0.837. The summed E-state index contributed by atoms with van der Waals surface area (Å²) in [5, 5.41) is 21.6. The molecule has 5 nitrogen and oxygen atoms in total. The molecule has 0 aromatic carbocycles. The van der Waals surface area contributed by atoms with Crippen LogP contribution in [0.4, 0.5) is 0 Å². The lowest BCUT2D eigenvalue weighted by molar-refractivity contribution is -0.142. The van der Waals surface area contributed by atoms with E-state index < -0.39 is 34.5 Å². The molecule has 0 aromatic heterocycles. The second-order valence-electron chi connectivity index (χ2n) is 5.71. The van der Waals surface area contributed by atoms with Crippen molar-refractivity contribution in [1.29, 1.82) is 10.5 Å². The first-order valence-corrected chi connectivity index (χ1v) is 7.08. The fourth-order valence-electron chi connectivity index (χ4n) is 4.45. The number of nitrogens with one attached hydrogen (secondary N) is 1. The minimum atomic E-state index is -1.60. The molecule has 1 saturated carbocycles. The van der Waals surface area contributed by atoms with Crippen LogP contribution in [0.5, 0.6) is 0 Å². The average Bonchev–Trinajstić information content (AvgIpc) is 2.67. The van der Waals surface area contributed by atoms with Gasteiger partial charge in [0.1, 0.15) is 0 Å². The number of carbonyl (C=O) groups excluding carboxylic acids is 2. The zero-order valence-corrected chi connectivity index (χ0v) is 11.7. The van der Waals surface area contributed by atoms with Crippen LogP contribution in [0.25, 0.3) is 0 Å². The van der Waals surface area contributed by atoms with Crippen LogP contribution in [-0.2, 0) is 9.59 Å². The number of amides is 2. The van der Waals surface area contributed by atoms with E-state index in [1.807, 2.05) is 30.4 Å². The molecular weight excluding hydrogens is 322 g/mol. The van der Waals surface area contributed by atoms with Gasteiger partial charge in [0.15, 0.2) is 10.8 Å². The Kier molecular flexibility index (Phi) is 1.91. The minimum Gasteiger partial charge on any atom is -0.293 e. The van der Waals surface area contributed by atoms with E-state index in [1.54, 1.807) is 0 Å². The van der Waals surface area contributed by atoms with E-state index in [2.05, 4.69) is 21.2 Å². The van der Waals surface area contributed by atoms with Gasteiger partial charge >= 0.3 is 0 Å². The van der Waals surface area contributed by atoms with Crippen LogP contribution in [0.2, 0.25) is 0 Å². The van der Waals surface area contributed by atoms with Crippen LogP contribution in [0, 0.1) is 57.2 Å². The number of imide groups is 1. The van der Waals surface area contributed by atoms with Crippen molar-refractivity contribution in [1.82, 2.24) is 5.32 Å². The van der Waals surface area contributed by atoms with Crippen molar-refractivity contribution in [2.45, 2.75) is 0 Å². The lowest BCUT2D eigenvalue weighted by Gasteiger charge is -2.59. The summed E-state index contributed by atoms with van der Waals surface area (Å²) >= 11 is 3.45. The minimum absolute atomic E-state index is 0.0165. The Labute approximate surface area is 123 Å². The highest BCUT2D eigenvalue weighted by atomic mass is 79.9. The molecule has 0 aromatic rings. The summed E-state index contributed by atoms with van der Waals surface area (Å²) in [4.78, 5) is 24.6. The summed E-state index contributed by atoms with van der Waals surface area (Å²) < 4.78 is 0.954. The van der Waals surface area contributed by atoms with Gasteiger partial charge in [-0.3, -0.25) is 14.9 Å². The Bertz CT molecular complexity index is 728. The maximum atomic E-state index is 12.3. The van der Waals surface area contributed by atoms with Gasteiger partial charge in [-0.2, -0.15) is 10.5 Å². The Hall–Kier alpha value is -1.92. The zero-order valence-electron chi connectivity index (χ0n) is 10.1. The largest absolute Gasteiger partial charge is 0.293 e. The molecule has 0 spiro atoms. The zero-order chi connectivity index (χ0) is 14.3. The monoisotopic (exact) mass is 329 g/mol. The van der Waals surface area contributed by atoms with Crippen molar-refractivity contribution >= 4 is 27.7 Å². The van der Waals surface area contributed by atoms with E-state index in [-0.39, 0.29) is 11.8 Å². The van der Waals surface area contributed by atoms with Crippen LogP contribution < -0.4 is 5.32 Å². The summed E-state index contributed by atoms with van der Waals surface area (Å²) in [6.07, 6.45) is 5.64. The molecule has 98 valence electrons. The number of halogens is 1. The molecule has 4 aliphatic carbocycles. The van der Waals surface area contributed by atoms with Gasteiger partial charge in [-0.25, -0.2) is 0 Å². The molecule has 6 atom stereocenters.